The standard InChI is InChI=1S/C11H14N2O3/c14-6-11(7-16-8-11)10(15)13-5-9-3-1-2-4-12-9/h1-4,14H,5-8H2,(H,13,15). The zero-order valence-electron chi connectivity index (χ0n) is 8.85. The molecule has 1 aromatic rings. The number of pyridine rings is 1. The summed E-state index contributed by atoms with van der Waals surface area (Å²) in [7, 11) is 0. The van der Waals surface area contributed by atoms with Crippen molar-refractivity contribution >= 4 is 5.91 Å². The minimum absolute atomic E-state index is 0.174. The highest BCUT2D eigenvalue weighted by Gasteiger charge is 2.45. The molecule has 5 heteroatoms. The smallest absolute Gasteiger partial charge is 0.233 e. The Morgan fingerprint density at radius 2 is 2.38 bits per heavy atom. The van der Waals surface area contributed by atoms with Gasteiger partial charge < -0.3 is 15.2 Å². The Bertz CT molecular complexity index is 357. The first-order valence-corrected chi connectivity index (χ1v) is 5.14. The highest BCUT2D eigenvalue weighted by Crippen LogP contribution is 2.26. The molecule has 0 bridgehead atoms. The van der Waals surface area contributed by atoms with Crippen LogP contribution in [-0.4, -0.2) is 35.8 Å². The number of aliphatic hydroxyl groups is 1. The molecule has 0 radical (unpaired) electrons. The van der Waals surface area contributed by atoms with E-state index in [-0.39, 0.29) is 25.7 Å². The number of carbonyl (C=O) groups excluding carboxylic acids is 1. The van der Waals surface area contributed by atoms with Crippen molar-refractivity contribution < 1.29 is 14.6 Å². The fourth-order valence-corrected chi connectivity index (χ4v) is 1.50. The highest BCUT2D eigenvalue weighted by atomic mass is 16.5. The molecule has 2 rings (SSSR count). The third kappa shape index (κ3) is 2.05. The van der Waals surface area contributed by atoms with Gasteiger partial charge in [0, 0.05) is 6.20 Å². The molecule has 1 amide bonds. The number of hydrogen-bond acceptors (Lipinski definition) is 4. The molecule has 0 saturated carbocycles. The molecule has 2 N–H and O–H groups in total. The molecule has 0 aliphatic carbocycles. The first-order chi connectivity index (χ1) is 7.77. The third-order valence-corrected chi connectivity index (χ3v) is 2.70. The molecule has 0 spiro atoms. The third-order valence-electron chi connectivity index (χ3n) is 2.70. The summed E-state index contributed by atoms with van der Waals surface area (Å²) in [6, 6.07) is 5.52. The Kier molecular flexibility index (Phi) is 3.17. The summed E-state index contributed by atoms with van der Waals surface area (Å²) < 4.78 is 4.97. The van der Waals surface area contributed by atoms with Crippen LogP contribution in [0.1, 0.15) is 5.69 Å². The van der Waals surface area contributed by atoms with Gasteiger partial charge in [0.05, 0.1) is 32.1 Å². The van der Waals surface area contributed by atoms with Crippen molar-refractivity contribution in [3.05, 3.63) is 30.1 Å². The summed E-state index contributed by atoms with van der Waals surface area (Å²) in [5.41, 5.74) is 0.0542. The van der Waals surface area contributed by atoms with Gasteiger partial charge in [-0.1, -0.05) is 6.07 Å². The van der Waals surface area contributed by atoms with Crippen LogP contribution in [0, 0.1) is 5.41 Å². The van der Waals surface area contributed by atoms with Crippen LogP contribution in [0.2, 0.25) is 0 Å². The first-order valence-electron chi connectivity index (χ1n) is 5.14. The number of amides is 1. The topological polar surface area (TPSA) is 71.5 Å². The number of ether oxygens (including phenoxy) is 1. The minimum Gasteiger partial charge on any atom is -0.395 e. The highest BCUT2D eigenvalue weighted by molar-refractivity contribution is 5.83. The average molecular weight is 222 g/mol. The van der Waals surface area contributed by atoms with Crippen LogP contribution in [0.25, 0.3) is 0 Å². The van der Waals surface area contributed by atoms with Crippen LogP contribution >= 0.6 is 0 Å². The van der Waals surface area contributed by atoms with E-state index in [9.17, 15) is 4.79 Å². The summed E-state index contributed by atoms with van der Waals surface area (Å²) in [5.74, 6) is -0.174. The minimum atomic E-state index is -0.741. The maximum Gasteiger partial charge on any atom is 0.233 e. The van der Waals surface area contributed by atoms with E-state index in [0.29, 0.717) is 6.54 Å². The monoisotopic (exact) mass is 222 g/mol. The maximum absolute atomic E-state index is 11.8. The number of aliphatic hydroxyl groups excluding tert-OH is 1. The Morgan fingerprint density at radius 3 is 2.88 bits per heavy atom. The van der Waals surface area contributed by atoms with Gasteiger partial charge in [-0.3, -0.25) is 9.78 Å². The van der Waals surface area contributed by atoms with Crippen molar-refractivity contribution in [3.8, 4) is 0 Å². The molecular weight excluding hydrogens is 208 g/mol. The van der Waals surface area contributed by atoms with Crippen LogP contribution < -0.4 is 5.32 Å². The van der Waals surface area contributed by atoms with E-state index < -0.39 is 5.41 Å². The predicted octanol–water partition coefficient (Wildman–Crippen LogP) is -0.293. The Hall–Kier alpha value is -1.46. The SMILES string of the molecule is O=C(NCc1ccccn1)C1(CO)COC1. The van der Waals surface area contributed by atoms with Gasteiger partial charge in [-0.25, -0.2) is 0 Å². The largest absolute Gasteiger partial charge is 0.395 e. The van der Waals surface area contributed by atoms with Gasteiger partial charge in [-0.15, -0.1) is 0 Å². The lowest BCUT2D eigenvalue weighted by molar-refractivity contribution is -0.170. The number of nitrogens with zero attached hydrogens (tertiary/aromatic N) is 1. The Balaban J connectivity index is 1.89. The zero-order chi connectivity index (χ0) is 11.4. The van der Waals surface area contributed by atoms with Gasteiger partial charge in [-0.05, 0) is 12.1 Å². The van der Waals surface area contributed by atoms with Gasteiger partial charge in [0.25, 0.3) is 0 Å². The normalized spacial score (nSPS) is 17.6. The second-order valence-electron chi connectivity index (χ2n) is 3.93. The molecule has 0 unspecified atom stereocenters. The van der Waals surface area contributed by atoms with Gasteiger partial charge >= 0.3 is 0 Å². The lowest BCUT2D eigenvalue weighted by Crippen LogP contribution is -2.56. The molecule has 2 heterocycles. The molecule has 1 saturated heterocycles. The molecule has 1 fully saturated rings. The number of rotatable bonds is 4. The summed E-state index contributed by atoms with van der Waals surface area (Å²) in [5, 5.41) is 11.9. The number of nitrogens with one attached hydrogen (secondary N) is 1. The fourth-order valence-electron chi connectivity index (χ4n) is 1.50. The van der Waals surface area contributed by atoms with Crippen molar-refractivity contribution in [1.29, 1.82) is 0 Å². The summed E-state index contributed by atoms with van der Waals surface area (Å²) in [4.78, 5) is 15.9. The van der Waals surface area contributed by atoms with Crippen molar-refractivity contribution in [1.82, 2.24) is 10.3 Å². The van der Waals surface area contributed by atoms with Crippen LogP contribution in [0.5, 0.6) is 0 Å². The van der Waals surface area contributed by atoms with E-state index in [1.165, 1.54) is 0 Å². The zero-order valence-corrected chi connectivity index (χ0v) is 8.85. The molecule has 1 aromatic heterocycles. The van der Waals surface area contributed by atoms with Crippen molar-refractivity contribution in [2.24, 2.45) is 5.41 Å². The van der Waals surface area contributed by atoms with E-state index in [2.05, 4.69) is 10.3 Å². The summed E-state index contributed by atoms with van der Waals surface area (Å²) >= 11 is 0. The second kappa shape index (κ2) is 4.59. The molecular formula is C11H14N2O3. The van der Waals surface area contributed by atoms with Crippen LogP contribution in [-0.2, 0) is 16.1 Å². The molecule has 86 valence electrons. The maximum atomic E-state index is 11.8. The van der Waals surface area contributed by atoms with E-state index in [0.717, 1.165) is 5.69 Å². The molecule has 1 aliphatic heterocycles. The molecule has 0 atom stereocenters. The molecule has 5 nitrogen and oxygen atoms in total. The number of aromatic nitrogens is 1. The average Bonchev–Trinajstić information content (AvgIpc) is 2.27. The van der Waals surface area contributed by atoms with E-state index >= 15 is 0 Å². The first kappa shape index (κ1) is 11.0. The van der Waals surface area contributed by atoms with E-state index in [4.69, 9.17) is 9.84 Å². The van der Waals surface area contributed by atoms with Gasteiger partial charge in [0.15, 0.2) is 0 Å². The Labute approximate surface area is 93.5 Å². The number of carbonyl (C=O) groups is 1. The molecule has 16 heavy (non-hydrogen) atoms. The summed E-state index contributed by atoms with van der Waals surface area (Å²) in [6.45, 7) is 0.775. The fraction of sp³-hybridized carbons (Fsp3) is 0.455. The summed E-state index contributed by atoms with van der Waals surface area (Å²) in [6.07, 6.45) is 1.68. The van der Waals surface area contributed by atoms with Crippen LogP contribution in [0.15, 0.2) is 24.4 Å². The van der Waals surface area contributed by atoms with Crippen LogP contribution in [0.3, 0.4) is 0 Å². The number of hydrogen-bond donors (Lipinski definition) is 2. The van der Waals surface area contributed by atoms with Gasteiger partial charge in [0.2, 0.25) is 5.91 Å². The van der Waals surface area contributed by atoms with E-state index in [1.54, 1.807) is 6.20 Å². The quantitative estimate of drug-likeness (QED) is 0.734. The lowest BCUT2D eigenvalue weighted by atomic mass is 9.86. The molecule has 1 aliphatic rings. The Morgan fingerprint density at radius 1 is 1.56 bits per heavy atom. The predicted molar refractivity (Wildman–Crippen MR) is 56.4 cm³/mol. The van der Waals surface area contributed by atoms with Gasteiger partial charge in [-0.2, -0.15) is 0 Å². The van der Waals surface area contributed by atoms with Crippen LogP contribution in [0.4, 0.5) is 0 Å². The van der Waals surface area contributed by atoms with E-state index in [1.807, 2.05) is 18.2 Å². The lowest BCUT2D eigenvalue weighted by Gasteiger charge is -2.37. The van der Waals surface area contributed by atoms with Gasteiger partial charge in [0.1, 0.15) is 5.41 Å². The molecule has 0 aromatic carbocycles. The van der Waals surface area contributed by atoms with Crippen molar-refractivity contribution in [2.75, 3.05) is 19.8 Å². The second-order valence-corrected chi connectivity index (χ2v) is 3.93. The van der Waals surface area contributed by atoms with Crippen molar-refractivity contribution in [3.63, 3.8) is 0 Å². The van der Waals surface area contributed by atoms with Crippen molar-refractivity contribution in [2.45, 2.75) is 6.54 Å².